The molecular weight excluding hydrogens is 304 g/mol. The topological polar surface area (TPSA) is 69.0 Å². The van der Waals surface area contributed by atoms with Gasteiger partial charge in [-0.25, -0.2) is 0 Å². The van der Waals surface area contributed by atoms with Crippen LogP contribution in [0.2, 0.25) is 0 Å². The zero-order chi connectivity index (χ0) is 16.9. The van der Waals surface area contributed by atoms with E-state index in [9.17, 15) is 4.79 Å². The quantitative estimate of drug-likeness (QED) is 0.783. The summed E-state index contributed by atoms with van der Waals surface area (Å²) in [5.74, 6) is 0.617. The van der Waals surface area contributed by atoms with Gasteiger partial charge in [-0.3, -0.25) is 14.5 Å². The zero-order valence-electron chi connectivity index (χ0n) is 13.6. The average molecular weight is 322 g/mol. The number of nitrogens with zero attached hydrogens (tertiary/aromatic N) is 3. The number of aryl methyl sites for hydroxylation is 1. The summed E-state index contributed by atoms with van der Waals surface area (Å²) < 4.78 is 6.74. The number of nitrogens with one attached hydrogen (secondary N) is 1. The maximum atomic E-state index is 12.4. The Morgan fingerprint density at radius 3 is 2.54 bits per heavy atom. The molecule has 122 valence electrons. The van der Waals surface area contributed by atoms with Crippen LogP contribution >= 0.6 is 0 Å². The number of carbonyl (C=O) groups is 1. The Kier molecular flexibility index (Phi) is 4.56. The van der Waals surface area contributed by atoms with Crippen molar-refractivity contribution < 1.29 is 9.53 Å². The van der Waals surface area contributed by atoms with Crippen LogP contribution in [-0.4, -0.2) is 27.8 Å². The minimum atomic E-state index is -0.165. The van der Waals surface area contributed by atoms with E-state index in [0.717, 1.165) is 22.6 Å². The maximum Gasteiger partial charge on any atom is 0.269 e. The monoisotopic (exact) mass is 322 g/mol. The second kappa shape index (κ2) is 6.95. The summed E-state index contributed by atoms with van der Waals surface area (Å²) in [6.45, 7) is 0.449. The molecule has 6 heteroatoms. The van der Waals surface area contributed by atoms with Crippen LogP contribution in [0.1, 0.15) is 16.1 Å². The molecule has 0 unspecified atom stereocenters. The summed E-state index contributed by atoms with van der Waals surface area (Å²) in [7, 11) is 3.38. The lowest BCUT2D eigenvalue weighted by Gasteiger charge is -2.04. The Labute approximate surface area is 140 Å². The minimum absolute atomic E-state index is 0.165. The van der Waals surface area contributed by atoms with E-state index in [0.29, 0.717) is 12.2 Å². The van der Waals surface area contributed by atoms with Gasteiger partial charge in [-0.1, -0.05) is 0 Å². The molecule has 3 aromatic rings. The average Bonchev–Trinajstić information content (AvgIpc) is 3.02. The van der Waals surface area contributed by atoms with Crippen LogP contribution in [0.3, 0.4) is 0 Å². The standard InChI is InChI=1S/C18H18N4O2/c1-22-17(18(23)20-12-13-7-9-19-10-8-13)11-16(21-22)14-3-5-15(24-2)6-4-14/h3-11H,12H2,1-2H3,(H,20,23). The normalized spacial score (nSPS) is 10.4. The van der Waals surface area contributed by atoms with Gasteiger partial charge in [0, 0.05) is 31.5 Å². The van der Waals surface area contributed by atoms with E-state index in [1.165, 1.54) is 0 Å². The van der Waals surface area contributed by atoms with Gasteiger partial charge in [0.05, 0.1) is 12.8 Å². The largest absolute Gasteiger partial charge is 0.497 e. The lowest BCUT2D eigenvalue weighted by Crippen LogP contribution is -2.25. The number of hydrogen-bond acceptors (Lipinski definition) is 4. The van der Waals surface area contributed by atoms with Gasteiger partial charge in [0.1, 0.15) is 11.4 Å². The summed E-state index contributed by atoms with van der Waals surface area (Å²) in [6.07, 6.45) is 3.40. The molecule has 0 bridgehead atoms. The fraction of sp³-hybridized carbons (Fsp3) is 0.167. The highest BCUT2D eigenvalue weighted by molar-refractivity contribution is 5.93. The van der Waals surface area contributed by atoms with Crippen molar-refractivity contribution in [2.75, 3.05) is 7.11 Å². The molecule has 0 aliphatic carbocycles. The molecule has 0 saturated heterocycles. The number of carbonyl (C=O) groups excluding carboxylic acids is 1. The molecule has 0 aliphatic rings. The summed E-state index contributed by atoms with van der Waals surface area (Å²) >= 11 is 0. The van der Waals surface area contributed by atoms with Crippen molar-refractivity contribution in [3.8, 4) is 17.0 Å². The van der Waals surface area contributed by atoms with E-state index >= 15 is 0 Å². The van der Waals surface area contributed by atoms with E-state index in [1.807, 2.05) is 36.4 Å². The van der Waals surface area contributed by atoms with Crippen LogP contribution in [0.5, 0.6) is 5.75 Å². The van der Waals surface area contributed by atoms with E-state index in [4.69, 9.17) is 4.74 Å². The molecule has 0 aliphatic heterocycles. The molecule has 1 aromatic carbocycles. The van der Waals surface area contributed by atoms with Crippen molar-refractivity contribution >= 4 is 5.91 Å². The first-order valence-corrected chi connectivity index (χ1v) is 7.53. The molecule has 24 heavy (non-hydrogen) atoms. The number of amides is 1. The van der Waals surface area contributed by atoms with Gasteiger partial charge in [-0.2, -0.15) is 5.10 Å². The smallest absolute Gasteiger partial charge is 0.269 e. The predicted octanol–water partition coefficient (Wildman–Crippen LogP) is 2.42. The fourth-order valence-corrected chi connectivity index (χ4v) is 2.36. The van der Waals surface area contributed by atoms with Gasteiger partial charge < -0.3 is 10.1 Å². The van der Waals surface area contributed by atoms with Gasteiger partial charge in [-0.15, -0.1) is 0 Å². The Bertz CT molecular complexity index is 826. The first-order valence-electron chi connectivity index (χ1n) is 7.53. The number of hydrogen-bond donors (Lipinski definition) is 1. The summed E-state index contributed by atoms with van der Waals surface area (Å²) in [6, 6.07) is 13.1. The lowest BCUT2D eigenvalue weighted by molar-refractivity contribution is 0.0941. The number of pyridine rings is 1. The molecule has 2 heterocycles. The third-order valence-corrected chi connectivity index (χ3v) is 3.70. The van der Waals surface area contributed by atoms with Gasteiger partial charge in [0.25, 0.3) is 5.91 Å². The van der Waals surface area contributed by atoms with Gasteiger partial charge in [-0.05, 0) is 48.0 Å². The molecule has 3 rings (SSSR count). The van der Waals surface area contributed by atoms with Crippen LogP contribution in [-0.2, 0) is 13.6 Å². The molecule has 0 radical (unpaired) electrons. The van der Waals surface area contributed by atoms with E-state index in [2.05, 4.69) is 15.4 Å². The molecular formula is C18H18N4O2. The van der Waals surface area contributed by atoms with Crippen LogP contribution < -0.4 is 10.1 Å². The van der Waals surface area contributed by atoms with Crippen molar-refractivity contribution in [1.29, 1.82) is 0 Å². The molecule has 0 atom stereocenters. The molecule has 6 nitrogen and oxygen atoms in total. The van der Waals surface area contributed by atoms with Crippen molar-refractivity contribution in [3.05, 3.63) is 66.1 Å². The number of methoxy groups -OCH3 is 1. The van der Waals surface area contributed by atoms with Gasteiger partial charge in [0.2, 0.25) is 0 Å². The van der Waals surface area contributed by atoms with E-state index < -0.39 is 0 Å². The molecule has 1 N–H and O–H groups in total. The predicted molar refractivity (Wildman–Crippen MR) is 90.6 cm³/mol. The highest BCUT2D eigenvalue weighted by Crippen LogP contribution is 2.22. The highest BCUT2D eigenvalue weighted by atomic mass is 16.5. The molecule has 1 amide bonds. The van der Waals surface area contributed by atoms with Crippen LogP contribution in [0.15, 0.2) is 54.9 Å². The maximum absolute atomic E-state index is 12.4. The third kappa shape index (κ3) is 3.43. The number of benzene rings is 1. The van der Waals surface area contributed by atoms with Crippen molar-refractivity contribution in [3.63, 3.8) is 0 Å². The third-order valence-electron chi connectivity index (χ3n) is 3.70. The highest BCUT2D eigenvalue weighted by Gasteiger charge is 2.14. The number of aromatic nitrogens is 3. The molecule has 0 spiro atoms. The second-order valence-electron chi connectivity index (χ2n) is 5.31. The Balaban J connectivity index is 1.74. The molecule has 0 saturated carbocycles. The summed E-state index contributed by atoms with van der Waals surface area (Å²) in [4.78, 5) is 16.3. The zero-order valence-corrected chi connectivity index (χ0v) is 13.6. The number of ether oxygens (including phenoxy) is 1. The Morgan fingerprint density at radius 2 is 1.88 bits per heavy atom. The minimum Gasteiger partial charge on any atom is -0.497 e. The van der Waals surface area contributed by atoms with Crippen molar-refractivity contribution in [1.82, 2.24) is 20.1 Å². The van der Waals surface area contributed by atoms with Gasteiger partial charge in [0.15, 0.2) is 0 Å². The van der Waals surface area contributed by atoms with E-state index in [-0.39, 0.29) is 5.91 Å². The first-order chi connectivity index (χ1) is 11.7. The SMILES string of the molecule is COc1ccc(-c2cc(C(=O)NCc3ccncc3)n(C)n2)cc1. The van der Waals surface area contributed by atoms with Crippen LogP contribution in [0.25, 0.3) is 11.3 Å². The van der Waals surface area contributed by atoms with Gasteiger partial charge >= 0.3 is 0 Å². The molecule has 2 aromatic heterocycles. The lowest BCUT2D eigenvalue weighted by atomic mass is 10.1. The summed E-state index contributed by atoms with van der Waals surface area (Å²) in [5, 5.41) is 7.31. The Hall–Kier alpha value is -3.15. The van der Waals surface area contributed by atoms with Crippen molar-refractivity contribution in [2.24, 2.45) is 7.05 Å². The first kappa shape index (κ1) is 15.7. The fourth-order valence-electron chi connectivity index (χ4n) is 2.36. The molecule has 0 fully saturated rings. The summed E-state index contributed by atoms with van der Waals surface area (Å²) in [5.41, 5.74) is 3.18. The number of rotatable bonds is 5. The second-order valence-corrected chi connectivity index (χ2v) is 5.31. The Morgan fingerprint density at radius 1 is 1.17 bits per heavy atom. The van der Waals surface area contributed by atoms with Crippen molar-refractivity contribution in [2.45, 2.75) is 6.54 Å². The van der Waals surface area contributed by atoms with Crippen LogP contribution in [0, 0.1) is 0 Å². The van der Waals surface area contributed by atoms with Crippen LogP contribution in [0.4, 0.5) is 0 Å². The van der Waals surface area contributed by atoms with E-state index in [1.54, 1.807) is 37.3 Å².